The number of rotatable bonds is 7. The van der Waals surface area contributed by atoms with Gasteiger partial charge in [0.05, 0.1) is 11.4 Å². The third-order valence-corrected chi connectivity index (χ3v) is 9.75. The molecular formula is C36H42FN9O2. The van der Waals surface area contributed by atoms with Crippen LogP contribution in [0.5, 0.6) is 11.5 Å². The van der Waals surface area contributed by atoms with Crippen molar-refractivity contribution in [3.05, 3.63) is 72.3 Å². The van der Waals surface area contributed by atoms with Crippen LogP contribution in [0, 0.1) is 17.1 Å². The first-order valence-electron chi connectivity index (χ1n) is 16.4. The lowest BCUT2D eigenvalue weighted by atomic mass is 9.94. The third-order valence-electron chi connectivity index (χ3n) is 9.75. The summed E-state index contributed by atoms with van der Waals surface area (Å²) >= 11 is 0. The number of nitrogen functional groups attached to an aromatic ring is 1. The second-order valence-electron chi connectivity index (χ2n) is 13.4. The molecule has 2 aromatic heterocycles. The summed E-state index contributed by atoms with van der Waals surface area (Å²) in [6.45, 7) is 11.0. The number of benzene rings is 2. The Morgan fingerprint density at radius 1 is 1.08 bits per heavy atom. The number of nitrogens with zero attached hydrogens (tertiary/aromatic N) is 8. The van der Waals surface area contributed by atoms with Crippen molar-refractivity contribution in [2.45, 2.75) is 64.2 Å². The summed E-state index contributed by atoms with van der Waals surface area (Å²) < 4.78 is 23.2. The number of carbonyl (C=O) groups excluding carboxylic acids is 1. The monoisotopic (exact) mass is 651 g/mol. The van der Waals surface area contributed by atoms with E-state index in [9.17, 15) is 10.1 Å². The SMILES string of the molecule is C[C@@H]1CN(C(C)(C)/C=C(/C#N)C(=O)N2CCC[C@@H](n3nc(-c4ccc(Oc5ccccc5)cc4F)c4c(N)ncnc43)C2)C[C@H](C)N1C. The molecule has 2 saturated heterocycles. The second-order valence-corrected chi connectivity index (χ2v) is 13.4. The van der Waals surface area contributed by atoms with E-state index in [1.807, 2.05) is 24.3 Å². The summed E-state index contributed by atoms with van der Waals surface area (Å²) in [5.74, 6) is 0.275. The number of para-hydroxylation sites is 1. The van der Waals surface area contributed by atoms with Crippen LogP contribution in [0.3, 0.4) is 0 Å². The maximum Gasteiger partial charge on any atom is 0.264 e. The van der Waals surface area contributed by atoms with Crippen molar-refractivity contribution in [1.29, 1.82) is 5.26 Å². The van der Waals surface area contributed by atoms with Crippen molar-refractivity contribution in [3.8, 4) is 28.8 Å². The molecule has 2 aliphatic rings. The summed E-state index contributed by atoms with van der Waals surface area (Å²) in [6.07, 6.45) is 4.58. The molecular weight excluding hydrogens is 609 g/mol. The van der Waals surface area contributed by atoms with Gasteiger partial charge in [-0.25, -0.2) is 19.0 Å². The molecule has 1 amide bonds. The molecule has 0 bridgehead atoms. The molecule has 11 nitrogen and oxygen atoms in total. The molecule has 0 radical (unpaired) electrons. The fraction of sp³-hybridized carbons (Fsp3) is 0.417. The van der Waals surface area contributed by atoms with Gasteiger partial charge in [-0.2, -0.15) is 10.4 Å². The van der Waals surface area contributed by atoms with Crippen LogP contribution in [0.15, 0.2) is 66.5 Å². The number of piperidine rings is 1. The molecule has 2 aromatic carbocycles. The van der Waals surface area contributed by atoms with Crippen LogP contribution in [0.25, 0.3) is 22.3 Å². The lowest BCUT2D eigenvalue weighted by Gasteiger charge is -2.48. The fourth-order valence-corrected chi connectivity index (χ4v) is 6.79. The van der Waals surface area contributed by atoms with Gasteiger partial charge in [-0.15, -0.1) is 0 Å². The van der Waals surface area contributed by atoms with E-state index in [1.54, 1.807) is 33.8 Å². The van der Waals surface area contributed by atoms with Gasteiger partial charge in [-0.3, -0.25) is 14.6 Å². The van der Waals surface area contributed by atoms with Gasteiger partial charge >= 0.3 is 0 Å². The van der Waals surface area contributed by atoms with E-state index in [2.05, 4.69) is 60.6 Å². The molecule has 4 aromatic rings. The smallest absolute Gasteiger partial charge is 0.264 e. The zero-order valence-electron chi connectivity index (χ0n) is 28.1. The minimum Gasteiger partial charge on any atom is -0.457 e. The van der Waals surface area contributed by atoms with E-state index in [1.165, 1.54) is 12.4 Å². The molecule has 0 aliphatic carbocycles. The van der Waals surface area contributed by atoms with Crippen LogP contribution in [-0.4, -0.2) is 91.2 Å². The first-order valence-corrected chi connectivity index (χ1v) is 16.4. The molecule has 2 fully saturated rings. The number of halogens is 1. The molecule has 12 heteroatoms. The minimum absolute atomic E-state index is 0.123. The highest BCUT2D eigenvalue weighted by Gasteiger charge is 2.36. The highest BCUT2D eigenvalue weighted by atomic mass is 19.1. The summed E-state index contributed by atoms with van der Waals surface area (Å²) in [7, 11) is 2.13. The van der Waals surface area contributed by atoms with E-state index in [0.717, 1.165) is 13.1 Å². The number of nitriles is 1. The molecule has 0 spiro atoms. The Morgan fingerprint density at radius 2 is 1.81 bits per heavy atom. The van der Waals surface area contributed by atoms with Gasteiger partial charge in [0.1, 0.15) is 46.8 Å². The van der Waals surface area contributed by atoms with Gasteiger partial charge in [-0.1, -0.05) is 18.2 Å². The molecule has 6 rings (SSSR count). The van der Waals surface area contributed by atoms with Crippen LogP contribution in [0.4, 0.5) is 10.2 Å². The highest BCUT2D eigenvalue weighted by molar-refractivity contribution is 5.99. The summed E-state index contributed by atoms with van der Waals surface area (Å²) in [4.78, 5) is 28.9. The Bertz CT molecular complexity index is 1870. The number of carbonyl (C=O) groups is 1. The zero-order valence-corrected chi connectivity index (χ0v) is 28.1. The number of nitrogens with two attached hydrogens (primary N) is 1. The number of hydrogen-bond donors (Lipinski definition) is 1. The van der Waals surface area contributed by atoms with Gasteiger partial charge in [0.25, 0.3) is 5.91 Å². The van der Waals surface area contributed by atoms with Crippen LogP contribution in [0.2, 0.25) is 0 Å². The van der Waals surface area contributed by atoms with Crippen LogP contribution < -0.4 is 10.5 Å². The third kappa shape index (κ3) is 6.48. The molecule has 4 heterocycles. The van der Waals surface area contributed by atoms with Crippen LogP contribution in [-0.2, 0) is 4.79 Å². The second kappa shape index (κ2) is 13.3. The molecule has 3 atom stereocenters. The van der Waals surface area contributed by atoms with Crippen molar-refractivity contribution in [2.75, 3.05) is 39.0 Å². The minimum atomic E-state index is -0.533. The Balaban J connectivity index is 1.27. The van der Waals surface area contributed by atoms with Gasteiger partial charge in [0.15, 0.2) is 5.65 Å². The lowest BCUT2D eigenvalue weighted by Crippen LogP contribution is -2.60. The van der Waals surface area contributed by atoms with Crippen molar-refractivity contribution in [3.63, 3.8) is 0 Å². The topological polar surface area (TPSA) is 129 Å². The summed E-state index contributed by atoms with van der Waals surface area (Å²) in [5, 5.41) is 15.4. The predicted octanol–water partition coefficient (Wildman–Crippen LogP) is 5.42. The maximum atomic E-state index is 15.7. The molecule has 48 heavy (non-hydrogen) atoms. The van der Waals surface area contributed by atoms with Crippen molar-refractivity contribution in [1.82, 2.24) is 34.4 Å². The van der Waals surface area contributed by atoms with E-state index < -0.39 is 11.4 Å². The van der Waals surface area contributed by atoms with Gasteiger partial charge < -0.3 is 15.4 Å². The van der Waals surface area contributed by atoms with Crippen LogP contribution in [0.1, 0.15) is 46.6 Å². The predicted molar refractivity (Wildman–Crippen MR) is 183 cm³/mol. The molecule has 0 saturated carbocycles. The van der Waals surface area contributed by atoms with Crippen LogP contribution >= 0.6 is 0 Å². The average molecular weight is 652 g/mol. The number of hydrogen-bond acceptors (Lipinski definition) is 9. The largest absolute Gasteiger partial charge is 0.457 e. The number of anilines is 1. The van der Waals surface area contributed by atoms with E-state index in [-0.39, 0.29) is 28.9 Å². The van der Waals surface area contributed by atoms with Crippen molar-refractivity contribution < 1.29 is 13.9 Å². The van der Waals surface area contributed by atoms with Gasteiger partial charge in [0.2, 0.25) is 0 Å². The number of amides is 1. The van der Waals surface area contributed by atoms with Crippen molar-refractivity contribution in [2.24, 2.45) is 0 Å². The number of likely N-dealkylation sites (N-methyl/N-ethyl adjacent to an activating group) is 1. The fourth-order valence-electron chi connectivity index (χ4n) is 6.79. The van der Waals surface area contributed by atoms with Gasteiger partial charge in [-0.05, 0) is 77.9 Å². The van der Waals surface area contributed by atoms with Gasteiger partial charge in [0, 0.05) is 55.4 Å². The number of piperazine rings is 1. The molecule has 2 aliphatic heterocycles. The Kier molecular flexibility index (Phi) is 9.18. The van der Waals surface area contributed by atoms with E-state index in [0.29, 0.717) is 66.2 Å². The number of fused-ring (bicyclic) bond motifs is 1. The summed E-state index contributed by atoms with van der Waals surface area (Å²) in [5.41, 5.74) is 6.96. The first-order chi connectivity index (χ1) is 23.0. The number of aromatic nitrogens is 4. The normalized spacial score (nSPS) is 21.3. The quantitative estimate of drug-likeness (QED) is 0.206. The number of ether oxygens (including phenoxy) is 1. The Morgan fingerprint density at radius 3 is 2.50 bits per heavy atom. The molecule has 250 valence electrons. The maximum absolute atomic E-state index is 15.7. The summed E-state index contributed by atoms with van der Waals surface area (Å²) in [6, 6.07) is 16.4. The standard InChI is InChI=1S/C36H42FN9O2/c1-23-19-45(20-24(2)43(23)5)36(3,4)17-25(18-38)35(47)44-15-9-10-26(21-44)46-34-31(33(39)40-22-41-34)32(42-46)29-14-13-28(16-30(29)37)48-27-11-7-6-8-12-27/h6-8,11-14,16-17,22-24,26H,9-10,15,19-21H2,1-5H3,(H2,39,40,41)/b25-17-/t23-,24+,26-/m1/s1. The highest BCUT2D eigenvalue weighted by Crippen LogP contribution is 2.36. The number of likely N-dealkylation sites (tertiary alicyclic amines) is 1. The molecule has 0 unspecified atom stereocenters. The zero-order chi connectivity index (χ0) is 34.2. The first kappa shape index (κ1) is 33.1. The average Bonchev–Trinajstić information content (AvgIpc) is 3.47. The Hall–Kier alpha value is -4.86. The van der Waals surface area contributed by atoms with E-state index in [4.69, 9.17) is 15.6 Å². The van der Waals surface area contributed by atoms with E-state index >= 15 is 4.39 Å². The molecule has 2 N–H and O–H groups in total. The lowest BCUT2D eigenvalue weighted by molar-refractivity contribution is -0.128. The Labute approximate surface area is 280 Å². The van der Waals surface area contributed by atoms with Crippen molar-refractivity contribution >= 4 is 22.8 Å².